The van der Waals surface area contributed by atoms with Gasteiger partial charge in [0.15, 0.2) is 11.6 Å². The Morgan fingerprint density at radius 2 is 2.00 bits per heavy atom. The summed E-state index contributed by atoms with van der Waals surface area (Å²) in [5, 5.41) is 9.11. The molecule has 25 heavy (non-hydrogen) atoms. The molecule has 4 rings (SSSR count). The molecule has 0 aliphatic heterocycles. The third-order valence-corrected chi connectivity index (χ3v) is 4.74. The van der Waals surface area contributed by atoms with Crippen LogP contribution in [0.5, 0.6) is 5.75 Å². The van der Waals surface area contributed by atoms with Gasteiger partial charge in [-0.15, -0.1) is 0 Å². The molecular formula is C18H22N6O. The molecule has 7 nitrogen and oxygen atoms in total. The van der Waals surface area contributed by atoms with Gasteiger partial charge in [-0.05, 0) is 25.8 Å². The molecule has 1 aliphatic carbocycles. The third kappa shape index (κ3) is 2.90. The Morgan fingerprint density at radius 1 is 1.20 bits per heavy atom. The van der Waals surface area contributed by atoms with Gasteiger partial charge >= 0.3 is 0 Å². The van der Waals surface area contributed by atoms with Crippen molar-refractivity contribution < 1.29 is 4.74 Å². The zero-order chi connectivity index (χ0) is 17.4. The van der Waals surface area contributed by atoms with Crippen LogP contribution in [0.25, 0.3) is 17.1 Å². The van der Waals surface area contributed by atoms with Crippen LogP contribution in [0.1, 0.15) is 43.1 Å². The van der Waals surface area contributed by atoms with E-state index in [1.165, 1.54) is 12.8 Å². The second-order valence-electron chi connectivity index (χ2n) is 6.58. The molecule has 1 fully saturated rings. The lowest BCUT2D eigenvalue weighted by atomic mass is 10.1. The highest BCUT2D eigenvalue weighted by atomic mass is 16.5. The minimum atomic E-state index is 0.436. The van der Waals surface area contributed by atoms with E-state index in [0.717, 1.165) is 41.4 Å². The van der Waals surface area contributed by atoms with Gasteiger partial charge < -0.3 is 4.74 Å². The number of rotatable bonds is 4. The summed E-state index contributed by atoms with van der Waals surface area (Å²) in [6, 6.07) is 1.99. The van der Waals surface area contributed by atoms with Crippen LogP contribution in [0.2, 0.25) is 0 Å². The standard InChI is InChI=1S/C18H22N6O/c1-12-8-15(16(25-3)10-19-12)18-21-17(13-6-4-5-7-13)22-24(18)14-9-20-23(2)11-14/h8-11,13H,4-7H2,1-3H3. The summed E-state index contributed by atoms with van der Waals surface area (Å²) in [6.45, 7) is 1.96. The molecule has 0 atom stereocenters. The molecule has 0 bridgehead atoms. The Kier molecular flexibility index (Phi) is 3.99. The van der Waals surface area contributed by atoms with Crippen LogP contribution < -0.4 is 4.74 Å². The Labute approximate surface area is 146 Å². The van der Waals surface area contributed by atoms with Crippen molar-refractivity contribution in [2.24, 2.45) is 7.05 Å². The monoisotopic (exact) mass is 338 g/mol. The quantitative estimate of drug-likeness (QED) is 0.731. The van der Waals surface area contributed by atoms with Gasteiger partial charge in [0, 0.05) is 18.7 Å². The summed E-state index contributed by atoms with van der Waals surface area (Å²) >= 11 is 0. The molecule has 7 heteroatoms. The summed E-state index contributed by atoms with van der Waals surface area (Å²) < 4.78 is 9.16. The molecule has 0 N–H and O–H groups in total. The molecule has 130 valence electrons. The van der Waals surface area contributed by atoms with E-state index in [-0.39, 0.29) is 0 Å². The van der Waals surface area contributed by atoms with Crippen LogP contribution in [0.15, 0.2) is 24.7 Å². The summed E-state index contributed by atoms with van der Waals surface area (Å²) in [7, 11) is 3.55. The van der Waals surface area contributed by atoms with Gasteiger partial charge in [0.25, 0.3) is 0 Å². The van der Waals surface area contributed by atoms with E-state index in [1.807, 2.05) is 30.9 Å². The second-order valence-corrected chi connectivity index (χ2v) is 6.58. The minimum Gasteiger partial charge on any atom is -0.494 e. The molecule has 0 amide bonds. The number of aromatic nitrogens is 6. The zero-order valence-electron chi connectivity index (χ0n) is 14.8. The Balaban J connectivity index is 1.89. The van der Waals surface area contributed by atoms with Crippen molar-refractivity contribution in [1.82, 2.24) is 29.5 Å². The number of hydrogen-bond donors (Lipinski definition) is 0. The second kappa shape index (κ2) is 6.31. The SMILES string of the molecule is COc1cnc(C)cc1-c1nc(C2CCCC2)nn1-c1cnn(C)c1. The van der Waals surface area contributed by atoms with Crippen LogP contribution in [-0.2, 0) is 7.05 Å². The van der Waals surface area contributed by atoms with Crippen LogP contribution >= 0.6 is 0 Å². The summed E-state index contributed by atoms with van der Waals surface area (Å²) in [4.78, 5) is 9.23. The average Bonchev–Trinajstić information content (AvgIpc) is 3.34. The van der Waals surface area contributed by atoms with E-state index in [4.69, 9.17) is 14.8 Å². The van der Waals surface area contributed by atoms with Crippen molar-refractivity contribution in [3.8, 4) is 22.8 Å². The molecule has 3 heterocycles. The zero-order valence-corrected chi connectivity index (χ0v) is 14.8. The van der Waals surface area contributed by atoms with Crippen LogP contribution in [-0.4, -0.2) is 36.6 Å². The summed E-state index contributed by atoms with van der Waals surface area (Å²) in [5.74, 6) is 2.82. The lowest BCUT2D eigenvalue weighted by Crippen LogP contribution is -2.01. The van der Waals surface area contributed by atoms with E-state index >= 15 is 0 Å². The first-order valence-corrected chi connectivity index (χ1v) is 8.62. The van der Waals surface area contributed by atoms with Crippen molar-refractivity contribution in [3.05, 3.63) is 36.2 Å². The first kappa shape index (κ1) is 15.8. The minimum absolute atomic E-state index is 0.436. The smallest absolute Gasteiger partial charge is 0.167 e. The molecule has 3 aromatic heterocycles. The Hall–Kier alpha value is -2.70. The van der Waals surface area contributed by atoms with Crippen LogP contribution in [0.4, 0.5) is 0 Å². The molecule has 1 saturated carbocycles. The van der Waals surface area contributed by atoms with Crippen molar-refractivity contribution in [1.29, 1.82) is 0 Å². The van der Waals surface area contributed by atoms with E-state index < -0.39 is 0 Å². The van der Waals surface area contributed by atoms with Crippen LogP contribution in [0.3, 0.4) is 0 Å². The normalized spacial score (nSPS) is 15.0. The average molecular weight is 338 g/mol. The number of methoxy groups -OCH3 is 1. The summed E-state index contributed by atoms with van der Waals surface area (Å²) in [6.07, 6.45) is 10.3. The van der Waals surface area contributed by atoms with Gasteiger partial charge in [0.05, 0.1) is 31.3 Å². The topological polar surface area (TPSA) is 70.7 Å². The highest BCUT2D eigenvalue weighted by molar-refractivity contribution is 5.65. The van der Waals surface area contributed by atoms with Crippen molar-refractivity contribution in [3.63, 3.8) is 0 Å². The van der Waals surface area contributed by atoms with Crippen molar-refractivity contribution in [2.45, 2.75) is 38.5 Å². The van der Waals surface area contributed by atoms with Gasteiger partial charge in [0.2, 0.25) is 0 Å². The molecule has 1 aliphatic rings. The number of nitrogens with zero attached hydrogens (tertiary/aromatic N) is 6. The summed E-state index contributed by atoms with van der Waals surface area (Å²) in [5.41, 5.74) is 2.71. The van der Waals surface area contributed by atoms with E-state index in [2.05, 4.69) is 10.1 Å². The highest BCUT2D eigenvalue weighted by Gasteiger charge is 2.25. The molecule has 0 unspecified atom stereocenters. The fourth-order valence-electron chi connectivity index (χ4n) is 3.44. The van der Waals surface area contributed by atoms with E-state index in [1.54, 1.807) is 24.2 Å². The van der Waals surface area contributed by atoms with Gasteiger partial charge in [-0.1, -0.05) is 12.8 Å². The number of ether oxygens (including phenoxy) is 1. The molecule has 0 saturated heterocycles. The van der Waals surface area contributed by atoms with Gasteiger partial charge in [-0.3, -0.25) is 9.67 Å². The molecule has 0 spiro atoms. The lowest BCUT2D eigenvalue weighted by Gasteiger charge is -2.09. The van der Waals surface area contributed by atoms with Crippen molar-refractivity contribution in [2.75, 3.05) is 7.11 Å². The number of hydrogen-bond acceptors (Lipinski definition) is 5. The predicted molar refractivity (Wildman–Crippen MR) is 93.9 cm³/mol. The van der Waals surface area contributed by atoms with Crippen LogP contribution in [0, 0.1) is 6.92 Å². The van der Waals surface area contributed by atoms with E-state index in [0.29, 0.717) is 11.7 Å². The first-order valence-electron chi connectivity index (χ1n) is 8.62. The highest BCUT2D eigenvalue weighted by Crippen LogP contribution is 2.36. The molecule has 0 radical (unpaired) electrons. The van der Waals surface area contributed by atoms with Gasteiger partial charge in [0.1, 0.15) is 11.4 Å². The number of pyridine rings is 1. The van der Waals surface area contributed by atoms with Gasteiger partial charge in [-0.2, -0.15) is 10.2 Å². The number of aryl methyl sites for hydroxylation is 2. The maximum atomic E-state index is 5.52. The molecule has 0 aromatic carbocycles. The van der Waals surface area contributed by atoms with E-state index in [9.17, 15) is 0 Å². The fraction of sp³-hybridized carbons (Fsp3) is 0.444. The molecule has 3 aromatic rings. The fourth-order valence-corrected chi connectivity index (χ4v) is 3.44. The molecular weight excluding hydrogens is 316 g/mol. The Bertz CT molecular complexity index is 891. The maximum absolute atomic E-state index is 5.52. The lowest BCUT2D eigenvalue weighted by molar-refractivity contribution is 0.414. The first-order chi connectivity index (χ1) is 12.2. The largest absolute Gasteiger partial charge is 0.494 e. The maximum Gasteiger partial charge on any atom is 0.167 e. The Morgan fingerprint density at radius 3 is 2.68 bits per heavy atom. The van der Waals surface area contributed by atoms with Crippen molar-refractivity contribution >= 4 is 0 Å². The van der Waals surface area contributed by atoms with Gasteiger partial charge in [-0.25, -0.2) is 9.67 Å². The third-order valence-electron chi connectivity index (χ3n) is 4.74. The predicted octanol–water partition coefficient (Wildman–Crippen LogP) is 3.04.